The molecule has 4 nitrogen and oxygen atoms in total. The van der Waals surface area contributed by atoms with Crippen LogP contribution in [0.3, 0.4) is 0 Å². The standard InChI is InChI=1S/C14H23NO3/c1-9(10(2)13(17)18)12(16)15-11-7-5-6-8-14(11,3)4/h11H,5-8H2,1-4H3,(H,15,16)(H,17,18). The van der Waals surface area contributed by atoms with Gasteiger partial charge in [0.05, 0.1) is 0 Å². The van der Waals surface area contributed by atoms with Crippen LogP contribution >= 0.6 is 0 Å². The SMILES string of the molecule is CC(C(=O)O)=C(C)C(=O)NC1CCCCC1(C)C. The van der Waals surface area contributed by atoms with E-state index in [9.17, 15) is 9.59 Å². The van der Waals surface area contributed by atoms with E-state index in [0.29, 0.717) is 5.57 Å². The van der Waals surface area contributed by atoms with Crippen molar-refractivity contribution in [2.45, 2.75) is 59.4 Å². The average molecular weight is 253 g/mol. The van der Waals surface area contributed by atoms with Gasteiger partial charge in [0, 0.05) is 17.2 Å². The molecule has 2 N–H and O–H groups in total. The highest BCUT2D eigenvalue weighted by atomic mass is 16.4. The molecular formula is C14H23NO3. The number of hydrogen-bond acceptors (Lipinski definition) is 2. The van der Waals surface area contributed by atoms with Crippen LogP contribution in [0, 0.1) is 5.41 Å². The zero-order valence-electron chi connectivity index (χ0n) is 11.7. The number of carboxylic acid groups (broad SMARTS) is 1. The van der Waals surface area contributed by atoms with Crippen LogP contribution in [-0.4, -0.2) is 23.0 Å². The van der Waals surface area contributed by atoms with E-state index in [1.54, 1.807) is 6.92 Å². The lowest BCUT2D eigenvalue weighted by atomic mass is 9.73. The van der Waals surface area contributed by atoms with Gasteiger partial charge in [0.15, 0.2) is 0 Å². The molecule has 1 atom stereocenters. The Morgan fingerprint density at radius 2 is 1.78 bits per heavy atom. The van der Waals surface area contributed by atoms with E-state index < -0.39 is 5.97 Å². The van der Waals surface area contributed by atoms with Gasteiger partial charge in [-0.15, -0.1) is 0 Å². The number of carbonyl (C=O) groups is 2. The molecule has 1 rings (SSSR count). The van der Waals surface area contributed by atoms with Crippen LogP contribution in [0.5, 0.6) is 0 Å². The van der Waals surface area contributed by atoms with Crippen LogP contribution in [-0.2, 0) is 9.59 Å². The first-order chi connectivity index (χ1) is 8.25. The zero-order valence-corrected chi connectivity index (χ0v) is 11.7. The highest BCUT2D eigenvalue weighted by Gasteiger charge is 2.33. The predicted molar refractivity (Wildman–Crippen MR) is 70.2 cm³/mol. The molecule has 4 heteroatoms. The van der Waals surface area contributed by atoms with Gasteiger partial charge in [-0.05, 0) is 32.1 Å². The number of rotatable bonds is 3. The molecule has 1 unspecified atom stereocenters. The monoisotopic (exact) mass is 253 g/mol. The lowest BCUT2D eigenvalue weighted by Crippen LogP contribution is -2.47. The second-order valence-corrected chi connectivity index (χ2v) is 5.82. The van der Waals surface area contributed by atoms with Crippen molar-refractivity contribution in [1.82, 2.24) is 5.32 Å². The maximum Gasteiger partial charge on any atom is 0.331 e. The summed E-state index contributed by atoms with van der Waals surface area (Å²) in [7, 11) is 0. The molecule has 1 amide bonds. The first kappa shape index (κ1) is 14.7. The van der Waals surface area contributed by atoms with E-state index in [4.69, 9.17) is 5.11 Å². The Labute approximate surface area is 108 Å². The van der Waals surface area contributed by atoms with Gasteiger partial charge in [0.1, 0.15) is 0 Å². The predicted octanol–water partition coefficient (Wildman–Crippen LogP) is 2.49. The van der Waals surface area contributed by atoms with Gasteiger partial charge in [-0.3, -0.25) is 4.79 Å². The molecule has 0 aromatic rings. The lowest BCUT2D eigenvalue weighted by Gasteiger charge is -2.39. The number of carboxylic acids is 1. The Balaban J connectivity index is 2.76. The van der Waals surface area contributed by atoms with Crippen molar-refractivity contribution in [2.75, 3.05) is 0 Å². The maximum absolute atomic E-state index is 12.0. The molecule has 0 heterocycles. The third-order valence-corrected chi connectivity index (χ3v) is 4.04. The molecule has 0 aliphatic heterocycles. The van der Waals surface area contributed by atoms with Crippen molar-refractivity contribution in [2.24, 2.45) is 5.41 Å². The second kappa shape index (κ2) is 5.55. The van der Waals surface area contributed by atoms with Gasteiger partial charge in [0.25, 0.3) is 0 Å². The quantitative estimate of drug-likeness (QED) is 0.759. The van der Waals surface area contributed by atoms with E-state index in [1.807, 2.05) is 0 Å². The first-order valence-electron chi connectivity index (χ1n) is 6.47. The molecule has 0 aromatic heterocycles. The maximum atomic E-state index is 12.0. The molecule has 18 heavy (non-hydrogen) atoms. The third-order valence-electron chi connectivity index (χ3n) is 4.04. The number of hydrogen-bond donors (Lipinski definition) is 2. The smallest absolute Gasteiger partial charge is 0.331 e. The summed E-state index contributed by atoms with van der Waals surface area (Å²) >= 11 is 0. The summed E-state index contributed by atoms with van der Waals surface area (Å²) in [6.45, 7) is 7.33. The summed E-state index contributed by atoms with van der Waals surface area (Å²) in [5, 5.41) is 11.9. The van der Waals surface area contributed by atoms with Crippen molar-refractivity contribution in [3.8, 4) is 0 Å². The number of aliphatic carboxylic acids is 1. The van der Waals surface area contributed by atoms with Gasteiger partial charge in [-0.25, -0.2) is 4.79 Å². The normalized spacial score (nSPS) is 24.1. The summed E-state index contributed by atoms with van der Waals surface area (Å²) in [6, 6.07) is 0.135. The molecule has 1 aliphatic rings. The van der Waals surface area contributed by atoms with Crippen LogP contribution < -0.4 is 5.32 Å². The molecule has 1 saturated carbocycles. The minimum atomic E-state index is -1.04. The molecule has 102 valence electrons. The van der Waals surface area contributed by atoms with Crippen LogP contribution in [0.25, 0.3) is 0 Å². The Kier molecular flexibility index (Phi) is 4.54. The Bertz CT molecular complexity index is 383. The van der Waals surface area contributed by atoms with Crippen molar-refractivity contribution in [1.29, 1.82) is 0 Å². The molecule has 0 aromatic carbocycles. The summed E-state index contributed by atoms with van der Waals surface area (Å²) in [5.74, 6) is -1.29. The fourth-order valence-corrected chi connectivity index (χ4v) is 2.36. The molecule has 0 bridgehead atoms. The zero-order chi connectivity index (χ0) is 13.9. The van der Waals surface area contributed by atoms with Crippen molar-refractivity contribution >= 4 is 11.9 Å². The summed E-state index contributed by atoms with van der Waals surface area (Å²) in [5.41, 5.74) is 0.496. The largest absolute Gasteiger partial charge is 0.478 e. The topological polar surface area (TPSA) is 66.4 Å². The number of carbonyl (C=O) groups excluding carboxylic acids is 1. The first-order valence-corrected chi connectivity index (χ1v) is 6.47. The van der Waals surface area contributed by atoms with Crippen molar-refractivity contribution in [3.05, 3.63) is 11.1 Å². The van der Waals surface area contributed by atoms with Crippen molar-refractivity contribution in [3.63, 3.8) is 0 Å². The van der Waals surface area contributed by atoms with Gasteiger partial charge < -0.3 is 10.4 Å². The van der Waals surface area contributed by atoms with E-state index in [-0.39, 0.29) is 22.9 Å². The average Bonchev–Trinajstić information content (AvgIpc) is 2.29. The van der Waals surface area contributed by atoms with Gasteiger partial charge >= 0.3 is 5.97 Å². The highest BCUT2D eigenvalue weighted by molar-refractivity contribution is 6.01. The number of amides is 1. The van der Waals surface area contributed by atoms with E-state index in [2.05, 4.69) is 19.2 Å². The molecule has 1 aliphatic carbocycles. The Hall–Kier alpha value is -1.32. The van der Waals surface area contributed by atoms with Crippen LogP contribution in [0.1, 0.15) is 53.4 Å². The molecule has 0 spiro atoms. The molecule has 0 radical (unpaired) electrons. The fraction of sp³-hybridized carbons (Fsp3) is 0.714. The minimum Gasteiger partial charge on any atom is -0.478 e. The van der Waals surface area contributed by atoms with Crippen LogP contribution in [0.4, 0.5) is 0 Å². The Morgan fingerprint density at radius 1 is 1.17 bits per heavy atom. The third kappa shape index (κ3) is 3.34. The van der Waals surface area contributed by atoms with Gasteiger partial charge in [-0.1, -0.05) is 26.7 Å². The fourth-order valence-electron chi connectivity index (χ4n) is 2.36. The van der Waals surface area contributed by atoms with Gasteiger partial charge in [-0.2, -0.15) is 0 Å². The Morgan fingerprint density at radius 3 is 2.28 bits per heavy atom. The van der Waals surface area contributed by atoms with E-state index in [1.165, 1.54) is 13.3 Å². The second-order valence-electron chi connectivity index (χ2n) is 5.82. The van der Waals surface area contributed by atoms with Crippen molar-refractivity contribution < 1.29 is 14.7 Å². The molecule has 0 saturated heterocycles. The van der Waals surface area contributed by atoms with Gasteiger partial charge in [0.2, 0.25) is 5.91 Å². The number of nitrogens with one attached hydrogen (secondary N) is 1. The van der Waals surface area contributed by atoms with Crippen LogP contribution in [0.2, 0.25) is 0 Å². The minimum absolute atomic E-state index is 0.0886. The molecular weight excluding hydrogens is 230 g/mol. The summed E-state index contributed by atoms with van der Waals surface area (Å²) in [4.78, 5) is 22.8. The van der Waals surface area contributed by atoms with E-state index in [0.717, 1.165) is 19.3 Å². The lowest BCUT2D eigenvalue weighted by molar-refractivity contribution is -0.133. The summed E-state index contributed by atoms with van der Waals surface area (Å²) in [6.07, 6.45) is 4.38. The van der Waals surface area contributed by atoms with E-state index >= 15 is 0 Å². The molecule has 1 fully saturated rings. The van der Waals surface area contributed by atoms with Crippen LogP contribution in [0.15, 0.2) is 11.1 Å². The highest BCUT2D eigenvalue weighted by Crippen LogP contribution is 2.35. The summed E-state index contributed by atoms with van der Waals surface area (Å²) < 4.78 is 0.